The van der Waals surface area contributed by atoms with Crippen LogP contribution in [0.25, 0.3) is 0 Å². The summed E-state index contributed by atoms with van der Waals surface area (Å²) in [6.45, 7) is 0. The highest BCUT2D eigenvalue weighted by molar-refractivity contribution is 5.89. The molecule has 302 valence electrons. The van der Waals surface area contributed by atoms with Crippen molar-refractivity contribution in [1.29, 1.82) is 0 Å². The monoisotopic (exact) mass is 790 g/mol. The third-order valence-electron chi connectivity index (χ3n) is 3.86. The molecule has 30 nitrogen and oxygen atoms in total. The highest BCUT2D eigenvalue weighted by Crippen LogP contribution is 2.17. The van der Waals surface area contributed by atoms with Crippen molar-refractivity contribution in [2.45, 2.75) is 55.3 Å². The molecule has 50 heavy (non-hydrogen) atoms. The Morgan fingerprint density at radius 2 is 0.360 bits per heavy atom. The second-order valence-electron chi connectivity index (χ2n) is 7.43. The molecule has 0 rings (SSSR count). The molecule has 0 aromatic carbocycles. The Morgan fingerprint density at radius 3 is 0.400 bits per heavy atom. The Bertz CT molecular complexity index is 825. The fourth-order valence-electron chi connectivity index (χ4n) is 2.14. The first-order chi connectivity index (χ1) is 17.3. The third kappa shape index (κ3) is 42.3. The first-order valence-electron chi connectivity index (χ1n) is 9.51. The zero-order valence-electron chi connectivity index (χ0n) is 23.8. The summed E-state index contributed by atoms with van der Waals surface area (Å²) in [5.74, 6) is -15.1. The maximum Gasteiger partial charge on any atom is 0.336 e. The molecule has 0 bridgehead atoms. The summed E-state index contributed by atoms with van der Waals surface area (Å²) >= 11 is 0. The lowest BCUT2D eigenvalue weighted by atomic mass is 9.96. The van der Waals surface area contributed by atoms with Gasteiger partial charge in [-0.05, 0) is 0 Å². The Balaban J connectivity index is -0.0000000292. The van der Waals surface area contributed by atoms with E-state index in [2.05, 4.69) is 0 Å². The van der Waals surface area contributed by atoms with E-state index in [0.29, 0.717) is 0 Å². The molecule has 32 heteroatoms. The average Bonchev–Trinajstić information content (AvgIpc) is 2.64. The van der Waals surface area contributed by atoms with Gasteiger partial charge in [0.2, 0.25) is 0 Å². The second kappa shape index (κ2) is 39.7. The lowest BCUT2D eigenvalue weighted by Gasteiger charge is -2.18. The van der Waals surface area contributed by atoms with Crippen LogP contribution >= 0.6 is 0 Å². The highest BCUT2D eigenvalue weighted by Gasteiger charge is 2.42. The molecule has 0 fully saturated rings. The summed E-state index contributed by atoms with van der Waals surface area (Å²) in [5, 5.41) is 101. The van der Waals surface area contributed by atoms with Gasteiger partial charge in [-0.2, -0.15) is 0 Å². The largest absolute Gasteiger partial charge is 0.481 e. The number of aliphatic hydroxyl groups is 3. The molecule has 30 N–H and O–H groups in total. The van der Waals surface area contributed by atoms with Crippen LogP contribution in [0.2, 0.25) is 0 Å². The SMILES string of the molecule is O.O.O.O.O.O.O.O.O.O=C(O)CC(O)(CC(=O)O)C(=O)O.O=C(O)CC(O)(CC(=O)O)C(=O)O.O=C(O)CC(O)(CC(=O)O)C(=O)O.[MgH2].[MgH2]. The van der Waals surface area contributed by atoms with E-state index in [1.807, 2.05) is 0 Å². The summed E-state index contributed by atoms with van der Waals surface area (Å²) in [6.07, 6.45) is -6.87. The van der Waals surface area contributed by atoms with Crippen LogP contribution in [0.1, 0.15) is 38.5 Å². The molecule has 0 aliphatic rings. The number of carboxylic acid groups (broad SMARTS) is 9. The lowest BCUT2D eigenvalue weighted by molar-refractivity contribution is -0.170. The molecular weight excluding hydrogens is 745 g/mol. The van der Waals surface area contributed by atoms with Gasteiger partial charge in [-0.3, -0.25) is 28.8 Å². The van der Waals surface area contributed by atoms with E-state index in [1.54, 1.807) is 0 Å². The third-order valence-corrected chi connectivity index (χ3v) is 3.86. The van der Waals surface area contributed by atoms with Crippen LogP contribution in [0, 0.1) is 0 Å². The van der Waals surface area contributed by atoms with Crippen LogP contribution in [0.5, 0.6) is 0 Å². The first-order valence-corrected chi connectivity index (χ1v) is 9.51. The zero-order chi connectivity index (χ0) is 31.9. The Morgan fingerprint density at radius 1 is 0.280 bits per heavy atom. The van der Waals surface area contributed by atoms with Crippen LogP contribution in [0.4, 0.5) is 0 Å². The van der Waals surface area contributed by atoms with E-state index in [-0.39, 0.29) is 95.4 Å². The van der Waals surface area contributed by atoms with E-state index in [9.17, 15) is 43.2 Å². The number of aliphatic carboxylic acids is 9. The minimum Gasteiger partial charge on any atom is -0.481 e. The van der Waals surface area contributed by atoms with Gasteiger partial charge < -0.3 is 111 Å². The Hall–Kier alpha value is -3.72. The summed E-state index contributed by atoms with van der Waals surface area (Å²) in [4.78, 5) is 91.5. The van der Waals surface area contributed by atoms with Gasteiger partial charge in [0.05, 0.1) is 38.5 Å². The molecule has 0 spiro atoms. The minimum absolute atomic E-state index is 0. The standard InChI is InChI=1S/3C6H8O7.2Mg.9H2O.4H/c3*7-3(8)1-6(13,5(11)12)2-4(9)10;;;;;;;;;;;;;;;/h3*13H,1-2H2,(H,7,8)(H,9,10)(H,11,12);;;9*1H2;;;;. The van der Waals surface area contributed by atoms with Crippen molar-refractivity contribution in [3.8, 4) is 0 Å². The van der Waals surface area contributed by atoms with Gasteiger partial charge in [-0.15, -0.1) is 0 Å². The fourth-order valence-corrected chi connectivity index (χ4v) is 2.14. The molecule has 0 radical (unpaired) electrons. The van der Waals surface area contributed by atoms with Crippen molar-refractivity contribution < 1.29 is 154 Å². The van der Waals surface area contributed by atoms with E-state index in [1.165, 1.54) is 0 Å². The molecule has 0 saturated carbocycles. The molecule has 0 amide bonds. The molecule has 0 aliphatic carbocycles. The van der Waals surface area contributed by atoms with Crippen molar-refractivity contribution in [2.75, 3.05) is 0 Å². The van der Waals surface area contributed by atoms with Gasteiger partial charge in [0.15, 0.2) is 16.8 Å². The number of carboxylic acids is 9. The fraction of sp³-hybridized carbons (Fsp3) is 0.500. The van der Waals surface area contributed by atoms with Crippen LogP contribution in [-0.2, 0) is 43.2 Å². The first kappa shape index (κ1) is 91.1. The normalized spacial score (nSPS) is 8.46. The Labute approximate surface area is 308 Å². The van der Waals surface area contributed by atoms with E-state index in [4.69, 9.17) is 61.3 Å². The quantitative estimate of drug-likeness (QED) is 0.0685. The van der Waals surface area contributed by atoms with Crippen LogP contribution in [0.3, 0.4) is 0 Å². The van der Waals surface area contributed by atoms with Crippen LogP contribution in [0.15, 0.2) is 0 Å². The van der Waals surface area contributed by atoms with Crippen molar-refractivity contribution in [2.24, 2.45) is 0 Å². The maximum absolute atomic E-state index is 10.3. The summed E-state index contributed by atoms with van der Waals surface area (Å²) in [5.41, 5.74) is -8.22. The molecule has 0 unspecified atom stereocenters. The van der Waals surface area contributed by atoms with E-state index in [0.717, 1.165) is 0 Å². The van der Waals surface area contributed by atoms with Gasteiger partial charge in [0, 0.05) is 0 Å². The summed E-state index contributed by atoms with van der Waals surface area (Å²) in [7, 11) is 0. The number of carbonyl (C=O) groups is 9. The predicted molar refractivity (Wildman–Crippen MR) is 161 cm³/mol. The molecule has 0 aromatic heterocycles. The Kier molecular flexibility index (Phi) is 72.3. The minimum atomic E-state index is -2.74. The summed E-state index contributed by atoms with van der Waals surface area (Å²) < 4.78 is 0. The molecular formula is C18H46Mg2O30. The number of hydrogen-bond acceptors (Lipinski definition) is 12. The van der Waals surface area contributed by atoms with Crippen molar-refractivity contribution in [3.63, 3.8) is 0 Å². The maximum atomic E-state index is 10.3. The molecule has 0 heterocycles. The van der Waals surface area contributed by atoms with Gasteiger partial charge in [0.25, 0.3) is 0 Å². The smallest absolute Gasteiger partial charge is 0.336 e. The number of hydrogen-bond donors (Lipinski definition) is 12. The van der Waals surface area contributed by atoms with E-state index < -0.39 is 109 Å². The average molecular weight is 791 g/mol. The highest BCUT2D eigenvalue weighted by atomic mass is 24.3. The van der Waals surface area contributed by atoms with Crippen molar-refractivity contribution in [1.82, 2.24) is 0 Å². The molecule has 0 saturated heterocycles. The lowest BCUT2D eigenvalue weighted by Crippen LogP contribution is -2.42. The zero-order valence-corrected chi connectivity index (χ0v) is 23.8. The van der Waals surface area contributed by atoms with Gasteiger partial charge in [0.1, 0.15) is 0 Å². The van der Waals surface area contributed by atoms with Gasteiger partial charge >= 0.3 is 99.8 Å². The van der Waals surface area contributed by atoms with Crippen molar-refractivity contribution >= 4 is 99.8 Å². The van der Waals surface area contributed by atoms with E-state index >= 15 is 0 Å². The molecule has 0 aliphatic heterocycles. The van der Waals surface area contributed by atoms with Gasteiger partial charge in [-0.25, -0.2) is 14.4 Å². The van der Waals surface area contributed by atoms with Crippen LogP contribution in [-0.4, -0.2) is 227 Å². The number of rotatable bonds is 15. The summed E-state index contributed by atoms with van der Waals surface area (Å²) in [6, 6.07) is 0. The molecule has 0 aromatic rings. The van der Waals surface area contributed by atoms with Gasteiger partial charge in [-0.1, -0.05) is 0 Å². The molecule has 0 atom stereocenters. The second-order valence-corrected chi connectivity index (χ2v) is 7.43. The predicted octanol–water partition coefficient (Wildman–Crippen LogP) is -13.0. The van der Waals surface area contributed by atoms with Crippen molar-refractivity contribution in [3.05, 3.63) is 0 Å². The topological polar surface area (TPSA) is 680 Å². The van der Waals surface area contributed by atoms with Crippen LogP contribution < -0.4 is 0 Å².